The quantitative estimate of drug-likeness (QED) is 0.118. The maximum absolute atomic E-state index is 6.34. The standard InChI is InChI=1S/C31H20N2O.C22H26NSi.Ir/c1-2-9-21(10-3-1)22-17-19-23(20-18-22)33-28-15-6-5-14-27(28)32-31(33)26-13-8-12-25-24-11-4-7-16-29(24)34-30(25)26;1-16(2)12-20-14-21(23-15-22(20)24(3,4)5)19-11-10-17-8-6-7-9-18(17)13-19;/h1-12,14-20,31H;6-10,13-16H,12H2,1-5H3;/q-2;-1;+3. The van der Waals surface area contributed by atoms with Gasteiger partial charge in [-0.25, -0.2) is 0 Å². The van der Waals surface area contributed by atoms with Gasteiger partial charge in [0.05, 0.1) is 8.07 Å². The number of benzene rings is 7. The average molecular weight is 961 g/mol. The molecule has 1 aliphatic heterocycles. The fourth-order valence-corrected chi connectivity index (χ4v) is 9.71. The summed E-state index contributed by atoms with van der Waals surface area (Å²) < 4.78 is 6.34. The first-order chi connectivity index (χ1) is 28.2. The van der Waals surface area contributed by atoms with Gasteiger partial charge in [-0.05, 0) is 64.8 Å². The molecule has 0 saturated carbocycles. The van der Waals surface area contributed by atoms with E-state index >= 15 is 0 Å². The number of anilines is 2. The second-order valence-corrected chi connectivity index (χ2v) is 21.6. The van der Waals surface area contributed by atoms with Crippen molar-refractivity contribution in [1.82, 2.24) is 4.98 Å². The molecule has 3 heterocycles. The molecule has 1 atom stereocenters. The molecule has 0 N–H and O–H groups in total. The van der Waals surface area contributed by atoms with Crippen LogP contribution in [0.5, 0.6) is 0 Å². The van der Waals surface area contributed by atoms with E-state index in [1.54, 1.807) is 0 Å². The molecule has 0 radical (unpaired) electrons. The summed E-state index contributed by atoms with van der Waals surface area (Å²) in [5.74, 6) is 0.649. The van der Waals surface area contributed by atoms with Gasteiger partial charge in [0.15, 0.2) is 0 Å². The molecule has 0 aliphatic carbocycles. The van der Waals surface area contributed by atoms with Crippen LogP contribution in [-0.2, 0) is 26.5 Å². The smallest absolute Gasteiger partial charge is 0.661 e. The SMILES string of the molecule is CC(C)Cc1cc(-c2[c-]cc3ccccc3c2)ncc1[Si](C)(C)C.[Ir+3].[c-]1ccc2c(oc3ccccc32)c1C1[N-]c2ccccc2N1c1ccc(-c2ccccc2)cc1. The van der Waals surface area contributed by atoms with Crippen LogP contribution in [0.4, 0.5) is 17.1 Å². The third kappa shape index (κ3) is 8.14. The first-order valence-electron chi connectivity index (χ1n) is 20.2. The fourth-order valence-electron chi connectivity index (χ4n) is 8.12. The van der Waals surface area contributed by atoms with E-state index in [0.717, 1.165) is 62.2 Å². The van der Waals surface area contributed by atoms with Crippen LogP contribution in [0.15, 0.2) is 168 Å². The van der Waals surface area contributed by atoms with Crippen LogP contribution in [0.25, 0.3) is 60.4 Å². The van der Waals surface area contributed by atoms with Gasteiger partial charge >= 0.3 is 20.1 Å². The Morgan fingerprint density at radius 2 is 1.42 bits per heavy atom. The molecule has 0 saturated heterocycles. The molecular weight excluding hydrogens is 915 g/mol. The van der Waals surface area contributed by atoms with Crippen LogP contribution in [0.3, 0.4) is 0 Å². The predicted molar refractivity (Wildman–Crippen MR) is 246 cm³/mol. The summed E-state index contributed by atoms with van der Waals surface area (Å²) in [5.41, 5.74) is 11.8. The number of rotatable bonds is 7. The van der Waals surface area contributed by atoms with Crippen LogP contribution >= 0.6 is 0 Å². The number of hydrogen-bond acceptors (Lipinski definition) is 3. The number of para-hydroxylation sites is 3. The molecule has 59 heavy (non-hydrogen) atoms. The van der Waals surface area contributed by atoms with Gasteiger partial charge in [0.1, 0.15) is 5.58 Å². The summed E-state index contributed by atoms with van der Waals surface area (Å²) in [5, 5.41) is 11.3. The maximum atomic E-state index is 6.34. The fraction of sp³-hybridized carbons (Fsp3) is 0.151. The largest absolute Gasteiger partial charge is 3.00 e. The zero-order valence-electron chi connectivity index (χ0n) is 34.0. The summed E-state index contributed by atoms with van der Waals surface area (Å²) >= 11 is 0. The Morgan fingerprint density at radius 1 is 0.729 bits per heavy atom. The van der Waals surface area contributed by atoms with E-state index in [1.165, 1.54) is 32.6 Å². The van der Waals surface area contributed by atoms with Gasteiger partial charge in [0, 0.05) is 28.5 Å². The first-order valence-corrected chi connectivity index (χ1v) is 23.7. The molecular formula is C53H46IrN3OSi. The summed E-state index contributed by atoms with van der Waals surface area (Å²) in [7, 11) is -1.38. The van der Waals surface area contributed by atoms with Crippen LogP contribution < -0.4 is 10.1 Å². The van der Waals surface area contributed by atoms with E-state index in [1.807, 2.05) is 36.4 Å². The summed E-state index contributed by atoms with van der Waals surface area (Å²) in [6.45, 7) is 11.8. The second-order valence-electron chi connectivity index (χ2n) is 16.6. The van der Waals surface area contributed by atoms with Crippen molar-refractivity contribution in [3.63, 3.8) is 0 Å². The van der Waals surface area contributed by atoms with Crippen molar-refractivity contribution in [1.29, 1.82) is 0 Å². The molecule has 6 heteroatoms. The van der Waals surface area contributed by atoms with Gasteiger partial charge in [0.2, 0.25) is 0 Å². The molecule has 1 unspecified atom stereocenters. The molecule has 4 nitrogen and oxygen atoms in total. The van der Waals surface area contributed by atoms with E-state index in [0.29, 0.717) is 5.92 Å². The van der Waals surface area contributed by atoms with Gasteiger partial charge in [0.25, 0.3) is 0 Å². The molecule has 0 amide bonds. The number of aromatic nitrogens is 1. The molecule has 0 spiro atoms. The van der Waals surface area contributed by atoms with Gasteiger partial charge < -0.3 is 19.6 Å². The number of hydrogen-bond donors (Lipinski definition) is 0. The molecule has 0 fully saturated rings. The van der Waals surface area contributed by atoms with Crippen molar-refractivity contribution in [3.8, 4) is 22.4 Å². The molecule has 2 aromatic heterocycles. The predicted octanol–water partition coefficient (Wildman–Crippen LogP) is 14.4. The Bertz CT molecular complexity index is 2880. The monoisotopic (exact) mass is 961 g/mol. The van der Waals surface area contributed by atoms with E-state index in [-0.39, 0.29) is 26.3 Å². The minimum atomic E-state index is -1.38. The molecule has 1 aliphatic rings. The first kappa shape index (κ1) is 40.0. The van der Waals surface area contributed by atoms with Gasteiger partial charge in [-0.2, -0.15) is 18.2 Å². The number of nitrogens with zero attached hydrogens (tertiary/aromatic N) is 3. The second kappa shape index (κ2) is 16.8. The summed E-state index contributed by atoms with van der Waals surface area (Å²) in [6.07, 6.45) is 2.98. The molecule has 7 aromatic carbocycles. The Labute approximate surface area is 362 Å². The number of furan rings is 1. The molecule has 292 valence electrons. The maximum Gasteiger partial charge on any atom is 3.00 e. The van der Waals surface area contributed by atoms with Gasteiger partial charge in [-0.3, -0.25) is 0 Å². The minimum Gasteiger partial charge on any atom is -0.661 e. The molecule has 0 bridgehead atoms. The van der Waals surface area contributed by atoms with Crippen LogP contribution in [-0.4, -0.2) is 13.1 Å². The third-order valence-corrected chi connectivity index (χ3v) is 13.0. The van der Waals surface area contributed by atoms with Gasteiger partial charge in [-0.15, -0.1) is 40.4 Å². The van der Waals surface area contributed by atoms with Gasteiger partial charge in [-0.1, -0.05) is 159 Å². The zero-order valence-corrected chi connectivity index (χ0v) is 37.4. The van der Waals surface area contributed by atoms with Crippen molar-refractivity contribution < 1.29 is 24.5 Å². The zero-order chi connectivity index (χ0) is 39.8. The Morgan fingerprint density at radius 3 is 2.20 bits per heavy atom. The van der Waals surface area contributed by atoms with Crippen LogP contribution in [0, 0.1) is 18.1 Å². The van der Waals surface area contributed by atoms with Crippen molar-refractivity contribution in [2.24, 2.45) is 5.92 Å². The Balaban J connectivity index is 0.000000172. The van der Waals surface area contributed by atoms with E-state index in [4.69, 9.17) is 14.7 Å². The third-order valence-electron chi connectivity index (χ3n) is 10.9. The van der Waals surface area contributed by atoms with Crippen LogP contribution in [0.1, 0.15) is 31.1 Å². The van der Waals surface area contributed by atoms with E-state index in [2.05, 4.69) is 178 Å². The van der Waals surface area contributed by atoms with E-state index < -0.39 is 8.07 Å². The van der Waals surface area contributed by atoms with Crippen molar-refractivity contribution in [2.45, 2.75) is 46.1 Å². The van der Waals surface area contributed by atoms with Crippen molar-refractivity contribution in [3.05, 3.63) is 192 Å². The van der Waals surface area contributed by atoms with E-state index in [9.17, 15) is 0 Å². The summed E-state index contributed by atoms with van der Waals surface area (Å²) in [6, 6.07) is 61.5. The molecule has 9 aromatic rings. The summed E-state index contributed by atoms with van der Waals surface area (Å²) in [4.78, 5) is 7.07. The average Bonchev–Trinajstić information content (AvgIpc) is 3.83. The van der Waals surface area contributed by atoms with Crippen molar-refractivity contribution >= 4 is 63.0 Å². The number of pyridine rings is 1. The van der Waals surface area contributed by atoms with Crippen molar-refractivity contribution in [2.75, 3.05) is 4.90 Å². The normalized spacial score (nSPS) is 13.5. The molecule has 10 rings (SSSR count). The topological polar surface area (TPSA) is 43.4 Å². The Kier molecular flexibility index (Phi) is 11.4. The Hall–Kier alpha value is -5.78. The number of fused-ring (bicyclic) bond motifs is 5. The minimum absolute atomic E-state index is 0. The van der Waals surface area contributed by atoms with Crippen LogP contribution in [0.2, 0.25) is 19.6 Å².